The van der Waals surface area contributed by atoms with Crippen molar-refractivity contribution in [2.24, 2.45) is 0 Å². The first-order chi connectivity index (χ1) is 9.15. The number of benzene rings is 1. The van der Waals surface area contributed by atoms with E-state index in [1.54, 1.807) is 0 Å². The van der Waals surface area contributed by atoms with Gasteiger partial charge in [0.25, 0.3) is 0 Å². The highest BCUT2D eigenvalue weighted by molar-refractivity contribution is 5.30. The molecule has 1 atom stereocenters. The van der Waals surface area contributed by atoms with E-state index in [-0.39, 0.29) is 0 Å². The fourth-order valence-corrected chi connectivity index (χ4v) is 2.07. The summed E-state index contributed by atoms with van der Waals surface area (Å²) in [6.45, 7) is 4.02. The fourth-order valence-electron chi connectivity index (χ4n) is 2.07. The molecule has 1 aromatic carbocycles. The number of nitrogens with zero attached hydrogens (tertiary/aromatic N) is 3. The van der Waals surface area contributed by atoms with Crippen molar-refractivity contribution in [3.8, 4) is 5.69 Å². The molecule has 0 aliphatic carbocycles. The molecule has 0 aliphatic heterocycles. The van der Waals surface area contributed by atoms with Gasteiger partial charge in [0.05, 0.1) is 11.4 Å². The minimum atomic E-state index is 0.455. The molecular weight excluding hydrogens is 236 g/mol. The molecule has 0 bridgehead atoms. The Labute approximate surface area is 115 Å². The van der Waals surface area contributed by atoms with Gasteiger partial charge in [-0.1, -0.05) is 18.2 Å². The monoisotopic (exact) mass is 258 g/mol. The zero-order chi connectivity index (χ0) is 13.7. The Morgan fingerprint density at radius 2 is 1.95 bits per heavy atom. The standard InChI is InChI=1S/C15H22N4/c1-13(12-18(2)3)16-11-14-9-10-19(17-14)15-7-5-4-6-8-15/h4-10,13,16H,11-12H2,1-3H3. The third-order valence-corrected chi connectivity index (χ3v) is 2.94. The van der Waals surface area contributed by atoms with Gasteiger partial charge in [-0.2, -0.15) is 5.10 Å². The van der Waals surface area contributed by atoms with Crippen molar-refractivity contribution in [2.45, 2.75) is 19.5 Å². The van der Waals surface area contributed by atoms with Gasteiger partial charge in [-0.3, -0.25) is 0 Å². The van der Waals surface area contributed by atoms with Gasteiger partial charge in [-0.05, 0) is 39.2 Å². The summed E-state index contributed by atoms with van der Waals surface area (Å²) in [4.78, 5) is 2.18. The zero-order valence-electron chi connectivity index (χ0n) is 11.9. The van der Waals surface area contributed by atoms with E-state index in [0.29, 0.717) is 6.04 Å². The Hall–Kier alpha value is -1.65. The van der Waals surface area contributed by atoms with E-state index >= 15 is 0 Å². The lowest BCUT2D eigenvalue weighted by atomic mass is 10.3. The smallest absolute Gasteiger partial charge is 0.0766 e. The second kappa shape index (κ2) is 6.50. The molecule has 2 aromatic rings. The van der Waals surface area contributed by atoms with Crippen LogP contribution in [0, 0.1) is 0 Å². The quantitative estimate of drug-likeness (QED) is 0.859. The van der Waals surface area contributed by atoms with Crippen molar-refractivity contribution >= 4 is 0 Å². The number of rotatable bonds is 6. The predicted molar refractivity (Wildman–Crippen MR) is 78.4 cm³/mol. The molecule has 1 heterocycles. The van der Waals surface area contributed by atoms with Crippen LogP contribution in [-0.2, 0) is 6.54 Å². The van der Waals surface area contributed by atoms with E-state index in [9.17, 15) is 0 Å². The number of likely N-dealkylation sites (N-methyl/N-ethyl adjacent to an activating group) is 1. The Morgan fingerprint density at radius 1 is 1.21 bits per heavy atom. The summed E-state index contributed by atoms with van der Waals surface area (Å²) in [5, 5.41) is 8.05. The first-order valence-electron chi connectivity index (χ1n) is 6.63. The lowest BCUT2D eigenvalue weighted by Crippen LogP contribution is -2.35. The van der Waals surface area contributed by atoms with Gasteiger partial charge in [0, 0.05) is 25.3 Å². The van der Waals surface area contributed by atoms with Gasteiger partial charge in [0.2, 0.25) is 0 Å². The van der Waals surface area contributed by atoms with Gasteiger partial charge in [0.1, 0.15) is 0 Å². The Bertz CT molecular complexity index is 490. The fraction of sp³-hybridized carbons (Fsp3) is 0.400. The van der Waals surface area contributed by atoms with Gasteiger partial charge < -0.3 is 10.2 Å². The summed E-state index contributed by atoms with van der Waals surface area (Å²) < 4.78 is 1.91. The molecule has 0 saturated carbocycles. The largest absolute Gasteiger partial charge is 0.308 e. The van der Waals surface area contributed by atoms with Crippen LogP contribution in [0.1, 0.15) is 12.6 Å². The Balaban J connectivity index is 1.91. The maximum Gasteiger partial charge on any atom is 0.0766 e. The molecule has 4 heteroatoms. The van der Waals surface area contributed by atoms with Crippen LogP contribution in [0.4, 0.5) is 0 Å². The van der Waals surface area contributed by atoms with Crippen molar-refractivity contribution in [2.75, 3.05) is 20.6 Å². The van der Waals surface area contributed by atoms with E-state index in [0.717, 1.165) is 24.5 Å². The third kappa shape index (κ3) is 4.19. The van der Waals surface area contributed by atoms with E-state index in [4.69, 9.17) is 0 Å². The highest BCUT2D eigenvalue weighted by Gasteiger charge is 2.05. The van der Waals surface area contributed by atoms with Crippen molar-refractivity contribution in [1.82, 2.24) is 20.0 Å². The molecule has 1 unspecified atom stereocenters. The van der Waals surface area contributed by atoms with Gasteiger partial charge in [0.15, 0.2) is 0 Å². The molecule has 4 nitrogen and oxygen atoms in total. The second-order valence-electron chi connectivity index (χ2n) is 5.13. The van der Waals surface area contributed by atoms with Crippen LogP contribution in [0.25, 0.3) is 5.69 Å². The van der Waals surface area contributed by atoms with Crippen molar-refractivity contribution < 1.29 is 0 Å². The number of para-hydroxylation sites is 1. The molecule has 2 rings (SSSR count). The maximum absolute atomic E-state index is 4.57. The topological polar surface area (TPSA) is 33.1 Å². The summed E-state index contributed by atoms with van der Waals surface area (Å²) in [5.74, 6) is 0. The van der Waals surface area contributed by atoms with Crippen LogP contribution in [0.5, 0.6) is 0 Å². The van der Waals surface area contributed by atoms with Crippen molar-refractivity contribution in [1.29, 1.82) is 0 Å². The minimum absolute atomic E-state index is 0.455. The van der Waals surface area contributed by atoms with E-state index in [1.807, 2.05) is 29.1 Å². The number of aromatic nitrogens is 2. The molecule has 1 aromatic heterocycles. The normalized spacial score (nSPS) is 12.8. The molecule has 0 saturated heterocycles. The van der Waals surface area contributed by atoms with Crippen LogP contribution in [0.2, 0.25) is 0 Å². The summed E-state index contributed by atoms with van der Waals surface area (Å²) in [6.07, 6.45) is 2.00. The third-order valence-electron chi connectivity index (χ3n) is 2.94. The molecule has 102 valence electrons. The molecule has 0 fully saturated rings. The van der Waals surface area contributed by atoms with E-state index in [2.05, 4.69) is 54.5 Å². The van der Waals surface area contributed by atoms with Gasteiger partial charge in [-0.25, -0.2) is 4.68 Å². The van der Waals surface area contributed by atoms with Crippen molar-refractivity contribution in [3.05, 3.63) is 48.3 Å². The molecule has 0 amide bonds. The number of hydrogen-bond donors (Lipinski definition) is 1. The lowest BCUT2D eigenvalue weighted by Gasteiger charge is -2.17. The Kier molecular flexibility index (Phi) is 4.71. The van der Waals surface area contributed by atoms with Crippen LogP contribution < -0.4 is 5.32 Å². The first kappa shape index (κ1) is 13.8. The van der Waals surface area contributed by atoms with Gasteiger partial charge >= 0.3 is 0 Å². The SMILES string of the molecule is CC(CN(C)C)NCc1ccn(-c2ccccc2)n1. The molecule has 19 heavy (non-hydrogen) atoms. The molecule has 0 radical (unpaired) electrons. The highest BCUT2D eigenvalue weighted by atomic mass is 15.3. The molecule has 0 aliphatic rings. The summed E-state index contributed by atoms with van der Waals surface area (Å²) in [7, 11) is 4.17. The zero-order valence-corrected chi connectivity index (χ0v) is 11.9. The molecule has 1 N–H and O–H groups in total. The average molecular weight is 258 g/mol. The average Bonchev–Trinajstić information content (AvgIpc) is 2.85. The maximum atomic E-state index is 4.57. The van der Waals surface area contributed by atoms with E-state index in [1.165, 1.54) is 0 Å². The molecular formula is C15H22N4. The lowest BCUT2D eigenvalue weighted by molar-refractivity contribution is 0.348. The van der Waals surface area contributed by atoms with Crippen LogP contribution >= 0.6 is 0 Å². The summed E-state index contributed by atoms with van der Waals surface area (Å²) in [6, 6.07) is 12.7. The summed E-state index contributed by atoms with van der Waals surface area (Å²) >= 11 is 0. The Morgan fingerprint density at radius 3 is 2.63 bits per heavy atom. The van der Waals surface area contributed by atoms with E-state index < -0.39 is 0 Å². The first-order valence-corrected chi connectivity index (χ1v) is 6.63. The predicted octanol–water partition coefficient (Wildman–Crippen LogP) is 1.91. The van der Waals surface area contributed by atoms with Crippen molar-refractivity contribution in [3.63, 3.8) is 0 Å². The number of hydrogen-bond acceptors (Lipinski definition) is 3. The number of nitrogens with one attached hydrogen (secondary N) is 1. The van der Waals surface area contributed by atoms with Crippen LogP contribution in [0.15, 0.2) is 42.6 Å². The van der Waals surface area contributed by atoms with Gasteiger partial charge in [-0.15, -0.1) is 0 Å². The van der Waals surface area contributed by atoms with Crippen LogP contribution in [-0.4, -0.2) is 41.4 Å². The molecule has 0 spiro atoms. The highest BCUT2D eigenvalue weighted by Crippen LogP contribution is 2.06. The second-order valence-corrected chi connectivity index (χ2v) is 5.13. The minimum Gasteiger partial charge on any atom is -0.308 e. The van der Waals surface area contributed by atoms with Crippen LogP contribution in [0.3, 0.4) is 0 Å². The summed E-state index contributed by atoms with van der Waals surface area (Å²) in [5.41, 5.74) is 2.16.